The topological polar surface area (TPSA) is 16.3 Å². The van der Waals surface area contributed by atoms with Gasteiger partial charge in [-0.2, -0.15) is 0 Å². The molecule has 88 heavy (non-hydrogen) atoms. The highest BCUT2D eigenvalue weighted by Gasteiger charge is 2.52. The lowest BCUT2D eigenvalue weighted by Crippen LogP contribution is -2.61. The van der Waals surface area contributed by atoms with Crippen molar-refractivity contribution < 1.29 is 0 Å². The van der Waals surface area contributed by atoms with Gasteiger partial charge in [-0.25, -0.2) is 0 Å². The second-order valence-corrected chi connectivity index (χ2v) is 25.5. The first-order chi connectivity index (χ1) is 43.3. The van der Waals surface area contributed by atoms with Crippen molar-refractivity contribution >= 4 is 101 Å². The SMILES string of the molecule is CC(C)(C)c1cc2c3c(c1)N(c1ccc4c(c1)C1(c5ccccc5-c5ccccc51)c1ccccc1-4)c1cc(-n4c5ccccc5c5ccccc54)ccc1B3c1ccc(-n3c4ccccc4c4ccccc43)cc1N2c1ccc(-c2ccccc2)cc1. The largest absolute Gasteiger partial charge is 0.311 e. The van der Waals surface area contributed by atoms with Crippen molar-refractivity contribution in [2.75, 3.05) is 9.80 Å². The first-order valence-electron chi connectivity index (χ1n) is 30.9. The molecule has 2 aliphatic carbocycles. The summed E-state index contributed by atoms with van der Waals surface area (Å²) in [5, 5.41) is 4.99. The van der Waals surface area contributed by atoms with E-state index in [-0.39, 0.29) is 12.1 Å². The molecule has 13 aromatic carbocycles. The van der Waals surface area contributed by atoms with Gasteiger partial charge in [-0.15, -0.1) is 0 Å². The Morgan fingerprint density at radius 1 is 0.295 bits per heavy atom. The Kier molecular flexibility index (Phi) is 10.2. The maximum atomic E-state index is 2.66. The third-order valence-corrected chi connectivity index (χ3v) is 20.1. The number of hydrogen-bond acceptors (Lipinski definition) is 2. The second-order valence-electron chi connectivity index (χ2n) is 25.5. The molecule has 2 aromatic heterocycles. The lowest BCUT2D eigenvalue weighted by molar-refractivity contribution is 0.590. The molecule has 5 heteroatoms. The lowest BCUT2D eigenvalue weighted by atomic mass is 9.33. The Morgan fingerprint density at radius 3 is 1.14 bits per heavy atom. The predicted octanol–water partition coefficient (Wildman–Crippen LogP) is 19.3. The van der Waals surface area contributed by atoms with Crippen LogP contribution in [0.4, 0.5) is 34.1 Å². The maximum Gasteiger partial charge on any atom is 0.252 e. The summed E-state index contributed by atoms with van der Waals surface area (Å²) in [5.74, 6) is 0. The van der Waals surface area contributed by atoms with Crippen molar-refractivity contribution in [3.8, 4) is 44.8 Å². The van der Waals surface area contributed by atoms with Crippen molar-refractivity contribution in [1.29, 1.82) is 0 Å². The third kappa shape index (κ3) is 6.65. The molecule has 4 heterocycles. The fourth-order valence-electron chi connectivity index (χ4n) is 16.3. The van der Waals surface area contributed by atoms with Gasteiger partial charge < -0.3 is 18.9 Å². The van der Waals surface area contributed by atoms with Crippen molar-refractivity contribution in [2.24, 2.45) is 0 Å². The summed E-state index contributed by atoms with van der Waals surface area (Å²) in [5.41, 5.74) is 31.2. The van der Waals surface area contributed by atoms with E-state index in [0.717, 1.165) is 22.7 Å². The Labute approximate surface area is 512 Å². The zero-order valence-corrected chi connectivity index (χ0v) is 49.1. The first kappa shape index (κ1) is 49.4. The van der Waals surface area contributed by atoms with E-state index in [9.17, 15) is 0 Å². The van der Waals surface area contributed by atoms with Gasteiger partial charge in [-0.05, 0) is 168 Å². The van der Waals surface area contributed by atoms with E-state index in [0.29, 0.717) is 0 Å². The Bertz CT molecular complexity index is 5300. The van der Waals surface area contributed by atoms with E-state index in [1.54, 1.807) is 0 Å². The Balaban J connectivity index is 0.918. The Morgan fingerprint density at radius 2 is 0.670 bits per heavy atom. The van der Waals surface area contributed by atoms with Gasteiger partial charge in [0.05, 0.1) is 27.5 Å². The average Bonchev–Trinajstić information content (AvgIpc) is 1.36. The smallest absolute Gasteiger partial charge is 0.252 e. The van der Waals surface area contributed by atoms with Gasteiger partial charge in [0, 0.05) is 67.0 Å². The zero-order valence-electron chi connectivity index (χ0n) is 49.1. The third-order valence-electron chi connectivity index (χ3n) is 20.1. The summed E-state index contributed by atoms with van der Waals surface area (Å²) < 4.78 is 4.97. The van der Waals surface area contributed by atoms with Crippen LogP contribution in [0.25, 0.3) is 88.4 Å². The molecular formula is C83H57BN4. The average molecular weight is 1120 g/mol. The number of benzene rings is 13. The minimum atomic E-state index is -0.524. The minimum absolute atomic E-state index is 0.127. The second kappa shape index (κ2) is 18.1. The molecule has 0 atom stereocenters. The summed E-state index contributed by atoms with van der Waals surface area (Å²) in [7, 11) is 0. The van der Waals surface area contributed by atoms with Crippen molar-refractivity contribution in [1.82, 2.24) is 9.13 Å². The van der Waals surface area contributed by atoms with Crippen LogP contribution in [0.2, 0.25) is 0 Å². The van der Waals surface area contributed by atoms with Crippen LogP contribution in [0, 0.1) is 0 Å². The summed E-state index contributed by atoms with van der Waals surface area (Å²) in [6.45, 7) is 7.00. The van der Waals surface area contributed by atoms with Gasteiger partial charge >= 0.3 is 0 Å². The predicted molar refractivity (Wildman–Crippen MR) is 370 cm³/mol. The molecule has 0 saturated carbocycles. The molecule has 2 aliphatic heterocycles. The number of nitrogens with zero attached hydrogens (tertiary/aromatic N) is 4. The van der Waals surface area contributed by atoms with Crippen molar-refractivity contribution in [3.05, 3.63) is 319 Å². The zero-order chi connectivity index (χ0) is 58.1. The molecule has 412 valence electrons. The van der Waals surface area contributed by atoms with E-state index in [2.05, 4.69) is 331 Å². The highest BCUT2D eigenvalue weighted by molar-refractivity contribution is 7.00. The molecule has 0 amide bonds. The number of fused-ring (bicyclic) bond motifs is 20. The van der Waals surface area contributed by atoms with Crippen LogP contribution in [0.15, 0.2) is 291 Å². The monoisotopic (exact) mass is 1120 g/mol. The lowest BCUT2D eigenvalue weighted by Gasteiger charge is -2.45. The maximum absolute atomic E-state index is 2.66. The molecule has 0 fully saturated rings. The highest BCUT2D eigenvalue weighted by atomic mass is 15.2. The van der Waals surface area contributed by atoms with E-state index >= 15 is 0 Å². The molecule has 0 radical (unpaired) electrons. The van der Waals surface area contributed by atoms with Gasteiger partial charge in [0.25, 0.3) is 6.71 Å². The van der Waals surface area contributed by atoms with Gasteiger partial charge in [0.15, 0.2) is 0 Å². The standard InChI is InChI=1S/C83H57BN4/c1-82(2,3)54-47-79-81-80(48-54)88(56-41-44-62-61-25-9-16-32-69(61)83(70(62)49-56)67-30-14-7-23-59(67)60-24-8-15-31-68(60)83)78-51-58(87-75-35-19-12-28-65(75)66-29-13-20-36-76(66)87)43-46-72(78)84(81)71-45-42-57(86-73-33-17-10-26-63(73)64-27-11-18-34-74(64)86)50-77(71)85(79)55-39-37-53(38-40-55)52-21-5-4-6-22-52/h4-51H,1-3H3. The van der Waals surface area contributed by atoms with Crippen LogP contribution in [0.3, 0.4) is 0 Å². The molecule has 0 N–H and O–H groups in total. The van der Waals surface area contributed by atoms with Crippen LogP contribution < -0.4 is 26.2 Å². The quantitative estimate of drug-likeness (QED) is 0.160. The number of anilines is 6. The molecule has 0 unspecified atom stereocenters. The van der Waals surface area contributed by atoms with E-state index in [1.807, 2.05) is 0 Å². The van der Waals surface area contributed by atoms with Crippen LogP contribution in [0.5, 0.6) is 0 Å². The van der Waals surface area contributed by atoms with Crippen LogP contribution >= 0.6 is 0 Å². The first-order valence-corrected chi connectivity index (χ1v) is 30.9. The van der Waals surface area contributed by atoms with Gasteiger partial charge in [-0.3, -0.25) is 0 Å². The fourth-order valence-corrected chi connectivity index (χ4v) is 16.3. The van der Waals surface area contributed by atoms with Crippen molar-refractivity contribution in [2.45, 2.75) is 31.6 Å². The number of aromatic nitrogens is 2. The van der Waals surface area contributed by atoms with E-state index < -0.39 is 5.41 Å². The summed E-state index contributed by atoms with van der Waals surface area (Å²) in [6, 6.07) is 110. The minimum Gasteiger partial charge on any atom is -0.311 e. The molecule has 0 saturated heterocycles. The Hall–Kier alpha value is -10.9. The van der Waals surface area contributed by atoms with Crippen molar-refractivity contribution in [3.63, 3.8) is 0 Å². The highest BCUT2D eigenvalue weighted by Crippen LogP contribution is 2.63. The summed E-state index contributed by atoms with van der Waals surface area (Å²) >= 11 is 0. The molecule has 4 aliphatic rings. The normalized spacial score (nSPS) is 13.9. The molecule has 15 aromatic rings. The van der Waals surface area contributed by atoms with Crippen LogP contribution in [-0.4, -0.2) is 15.8 Å². The molecule has 0 bridgehead atoms. The summed E-state index contributed by atoms with van der Waals surface area (Å²) in [6.07, 6.45) is 0. The molecule has 1 spiro atoms. The van der Waals surface area contributed by atoms with Gasteiger partial charge in [-0.1, -0.05) is 227 Å². The number of hydrogen-bond donors (Lipinski definition) is 0. The van der Waals surface area contributed by atoms with Crippen LogP contribution in [-0.2, 0) is 10.8 Å². The molecular weight excluding hydrogens is 1060 g/mol. The molecule has 19 rings (SSSR count). The fraction of sp³-hybridized carbons (Fsp3) is 0.0602. The van der Waals surface area contributed by atoms with E-state index in [1.165, 1.54) is 144 Å². The number of para-hydroxylation sites is 4. The van der Waals surface area contributed by atoms with Gasteiger partial charge in [0.2, 0.25) is 0 Å². The molecule has 4 nitrogen and oxygen atoms in total. The van der Waals surface area contributed by atoms with Gasteiger partial charge in [0.1, 0.15) is 0 Å². The van der Waals surface area contributed by atoms with E-state index in [4.69, 9.17) is 0 Å². The summed E-state index contributed by atoms with van der Waals surface area (Å²) in [4.78, 5) is 5.26. The number of rotatable bonds is 5. The van der Waals surface area contributed by atoms with Crippen LogP contribution in [0.1, 0.15) is 48.6 Å².